The number of carboxylic acids is 3. The van der Waals surface area contributed by atoms with Crippen molar-refractivity contribution in [3.63, 3.8) is 0 Å². The van der Waals surface area contributed by atoms with Crippen LogP contribution in [0.25, 0.3) is 65.7 Å². The lowest BCUT2D eigenvalue weighted by Crippen LogP contribution is -2.35. The third kappa shape index (κ3) is 19.4. The molecule has 2 atom stereocenters. The molecule has 3 aromatic heterocycles. The number of fused-ring (bicyclic) bond motifs is 3. The van der Waals surface area contributed by atoms with E-state index < -0.39 is 173 Å². The van der Waals surface area contributed by atoms with Crippen molar-refractivity contribution in [2.45, 2.75) is 157 Å². The third-order valence-electron chi connectivity index (χ3n) is 25.2. The van der Waals surface area contributed by atoms with Gasteiger partial charge in [-0.15, -0.1) is 0 Å². The van der Waals surface area contributed by atoms with Crippen molar-refractivity contribution in [3.8, 4) is 33.4 Å². The summed E-state index contributed by atoms with van der Waals surface area (Å²) in [4.78, 5) is 39.4. The number of alkyl halides is 9. The molecule has 0 amide bonds. The first-order valence-electron chi connectivity index (χ1n) is 42.5. The van der Waals surface area contributed by atoms with E-state index in [9.17, 15) is 51.3 Å². The van der Waals surface area contributed by atoms with Gasteiger partial charge in [-0.3, -0.25) is 14.4 Å². The van der Waals surface area contributed by atoms with Crippen LogP contribution in [0.3, 0.4) is 0 Å². The van der Waals surface area contributed by atoms with E-state index in [1.165, 1.54) is 93.6 Å². The fraction of sp³-hybridized carbons (Fsp3) is 0.221. The van der Waals surface area contributed by atoms with Crippen molar-refractivity contribution < 1.29 is 108 Å². The van der Waals surface area contributed by atoms with E-state index in [1.807, 2.05) is 6.92 Å². The highest BCUT2D eigenvalue weighted by Gasteiger charge is 2.47. The highest BCUT2D eigenvalue weighted by Crippen LogP contribution is 2.46. The first-order valence-corrected chi connectivity index (χ1v) is 46.8. The van der Waals surface area contributed by atoms with Crippen LogP contribution in [0, 0.1) is 33.5 Å². The molecule has 15 aromatic rings. The van der Waals surface area contributed by atoms with E-state index in [2.05, 4.69) is 0 Å². The SMILES string of the molecule is Cc1ccc2c(S(=O)(=O)N(Cc3ccc(-c4cccc(C(C)(Cc5cc(CN(Cc6ccc(-c7cccc(C(C)(Cc8cc(CN(Cc9ccc(-c%10cccc(C(C)(C)C(=O)O)c%10)cc9)S(=O)(=O)c9c(C)ccc%10ccccc9%10)n(C)c8C(F)(F)F)C(=O)O)c7)cc6)S(=O)(=O)c6c(C)ccc7ccc(F)cc67)oc5C(F)(F)F)C(=O)O)c4)cc3)Cc3ccc(C(F)(F)F)o3)c(C)ccc2c1. The Morgan fingerprint density at radius 3 is 1.24 bits per heavy atom. The summed E-state index contributed by atoms with van der Waals surface area (Å²) in [6.45, 7) is 8.42. The van der Waals surface area contributed by atoms with Crippen LogP contribution in [-0.4, -0.2) is 76.0 Å². The number of nitrogens with zero attached hydrogens (tertiary/aromatic N) is 4. The Bertz CT molecular complexity index is 7530. The van der Waals surface area contributed by atoms with E-state index in [1.54, 1.807) is 185 Å². The lowest BCUT2D eigenvalue weighted by atomic mass is 9.76. The molecule has 0 saturated carbocycles. The van der Waals surface area contributed by atoms with Crippen LogP contribution in [0.15, 0.2) is 290 Å². The van der Waals surface area contributed by atoms with E-state index in [0.29, 0.717) is 88.8 Å². The van der Waals surface area contributed by atoms with Gasteiger partial charge in [0.15, 0.2) is 0 Å². The number of carboxylic acid groups (broad SMARTS) is 3. The maximum absolute atomic E-state index is 15.9. The van der Waals surface area contributed by atoms with Crippen LogP contribution in [0.1, 0.15) is 129 Å². The molecule has 18 nitrogen and oxygen atoms in total. The van der Waals surface area contributed by atoms with Gasteiger partial charge < -0.3 is 28.7 Å². The maximum atomic E-state index is 15.9. The Morgan fingerprint density at radius 1 is 0.363 bits per heavy atom. The molecular formula is C104H90F10N4O14S3. The summed E-state index contributed by atoms with van der Waals surface area (Å²) in [5.74, 6) is -8.91. The molecule has 0 radical (unpaired) electrons. The fourth-order valence-electron chi connectivity index (χ4n) is 17.5. The lowest BCUT2D eigenvalue weighted by molar-refractivity contribution is -0.155. The first-order chi connectivity index (χ1) is 63.4. The van der Waals surface area contributed by atoms with Gasteiger partial charge in [-0.25, -0.2) is 29.6 Å². The molecule has 2 unspecified atom stereocenters. The Balaban J connectivity index is 0.714. The number of carbonyl (C=O) groups is 3. The molecule has 0 spiro atoms. The number of aryl methyl sites for hydroxylation is 4. The van der Waals surface area contributed by atoms with Gasteiger partial charge in [-0.05, 0) is 210 Å². The smallest absolute Gasteiger partial charge is 0.449 e. The summed E-state index contributed by atoms with van der Waals surface area (Å²) in [5.41, 5.74) is -2.28. The normalized spacial score (nSPS) is 13.6. The first kappa shape index (κ1) is 96.3. The molecule has 0 aliphatic heterocycles. The molecule has 3 N–H and O–H groups in total. The fourth-order valence-corrected chi connectivity index (χ4v) is 22.9. The number of furan rings is 2. The van der Waals surface area contributed by atoms with Gasteiger partial charge >= 0.3 is 36.4 Å². The summed E-state index contributed by atoms with van der Waals surface area (Å²) in [6, 6.07) is 66.7. The van der Waals surface area contributed by atoms with Crippen LogP contribution < -0.4 is 0 Å². The highest BCUT2D eigenvalue weighted by atomic mass is 32.2. The minimum atomic E-state index is -5.34. The third-order valence-corrected chi connectivity index (χ3v) is 31.1. The number of aromatic nitrogens is 1. The zero-order chi connectivity index (χ0) is 97.4. The Kier molecular flexibility index (Phi) is 26.0. The van der Waals surface area contributed by atoms with Crippen molar-refractivity contribution in [2.75, 3.05) is 0 Å². The number of aliphatic carboxylic acids is 3. The predicted octanol–water partition coefficient (Wildman–Crippen LogP) is 23.8. The van der Waals surface area contributed by atoms with Crippen LogP contribution in [0.5, 0.6) is 0 Å². The molecule has 31 heteroatoms. The molecule has 0 aliphatic rings. The zero-order valence-electron chi connectivity index (χ0n) is 74.2. The summed E-state index contributed by atoms with van der Waals surface area (Å²) in [6.07, 6.45) is -17.1. The molecule has 0 bridgehead atoms. The molecule has 135 heavy (non-hydrogen) atoms. The van der Waals surface area contributed by atoms with Crippen LogP contribution in [-0.2, 0) is 138 Å². The minimum Gasteiger partial charge on any atom is -0.481 e. The van der Waals surface area contributed by atoms with Gasteiger partial charge in [0.2, 0.25) is 41.6 Å². The van der Waals surface area contributed by atoms with Gasteiger partial charge in [0.25, 0.3) is 0 Å². The van der Waals surface area contributed by atoms with Gasteiger partial charge in [-0.2, -0.15) is 52.4 Å². The zero-order valence-corrected chi connectivity index (χ0v) is 76.6. The van der Waals surface area contributed by atoms with Crippen molar-refractivity contribution in [1.29, 1.82) is 0 Å². The van der Waals surface area contributed by atoms with Gasteiger partial charge in [0.05, 0.1) is 50.6 Å². The summed E-state index contributed by atoms with van der Waals surface area (Å²) in [5, 5.41) is 34.6. The standard InChI is InChI=1S/C104H90F10N4O14S3/c1-62-23-45-88-77(47-62)35-26-64(3)92(88)134(127,128)117(60-85-44-46-90(131-85)102(106,107)108)57-67-29-38-71(39-30-67)76-18-14-21-82(50-76)101(8,98(123)124)55-79-52-86(132-95(79)104(112,113)114)61-118(135(129,130)93-65(4)25-34-73-42-43-83(105)53-89(73)93)58-68-31-40-70(41-32-68)75-17-13-20-81(49-75)100(7,97(121)122)54-78-51-84(115(9)94(78)103(109,110)111)59-116(133(125,126)91-63(2)24-33-72-15-10-11-22-87(72)91)56-66-27-36-69(37-28-66)74-16-12-19-80(48-74)99(5,6)96(119)120/h10-53H,54-61H2,1-9H3,(H,119,120)(H,121,122)(H,123,124). The second-order valence-corrected chi connectivity index (χ2v) is 40.7. The Labute approximate surface area is 772 Å². The highest BCUT2D eigenvalue weighted by molar-refractivity contribution is 7.90. The van der Waals surface area contributed by atoms with Crippen LogP contribution in [0.2, 0.25) is 0 Å². The maximum Gasteiger partial charge on any atom is 0.449 e. The topological polar surface area (TPSA) is 255 Å². The summed E-state index contributed by atoms with van der Waals surface area (Å²) >= 11 is 0. The molecule has 0 saturated heterocycles. The molecule has 15 rings (SSSR count). The molecule has 0 aliphatic carbocycles. The monoisotopic (exact) mass is 1900 g/mol. The number of rotatable bonds is 31. The molecule has 698 valence electrons. The molecule has 0 fully saturated rings. The largest absolute Gasteiger partial charge is 0.481 e. The number of halogens is 10. The summed E-state index contributed by atoms with van der Waals surface area (Å²) in [7, 11) is -13.1. The number of hydrogen-bond donors (Lipinski definition) is 3. The second-order valence-electron chi connectivity index (χ2n) is 35.1. The van der Waals surface area contributed by atoms with Crippen molar-refractivity contribution in [3.05, 3.63) is 374 Å². The average molecular weight is 1910 g/mol. The van der Waals surface area contributed by atoms with E-state index in [4.69, 9.17) is 8.83 Å². The molecular weight excluding hydrogens is 1820 g/mol. The van der Waals surface area contributed by atoms with Crippen molar-refractivity contribution in [1.82, 2.24) is 17.5 Å². The Morgan fingerprint density at radius 2 is 0.785 bits per heavy atom. The minimum absolute atomic E-state index is 0.00891. The Hall–Kier alpha value is -13.3. The predicted molar refractivity (Wildman–Crippen MR) is 492 cm³/mol. The number of sulfonamides is 3. The van der Waals surface area contributed by atoms with Gasteiger partial charge in [-0.1, -0.05) is 236 Å². The van der Waals surface area contributed by atoms with Crippen LogP contribution in [0.4, 0.5) is 43.9 Å². The molecule has 3 heterocycles. The van der Waals surface area contributed by atoms with E-state index in [-0.39, 0.29) is 60.8 Å². The molecule has 12 aromatic carbocycles. The van der Waals surface area contributed by atoms with Crippen molar-refractivity contribution >= 4 is 80.3 Å². The second kappa shape index (κ2) is 36.5. The van der Waals surface area contributed by atoms with Gasteiger partial charge in [0.1, 0.15) is 23.0 Å². The number of hydrogen-bond acceptors (Lipinski definition) is 11. The van der Waals surface area contributed by atoms with Gasteiger partial charge in [0, 0.05) is 54.1 Å². The summed E-state index contributed by atoms with van der Waals surface area (Å²) < 4.78 is 258. The van der Waals surface area contributed by atoms with E-state index in [0.717, 1.165) is 60.4 Å². The van der Waals surface area contributed by atoms with Crippen molar-refractivity contribution in [2.24, 2.45) is 7.05 Å². The lowest BCUT2D eigenvalue weighted by Gasteiger charge is -2.27. The quantitative estimate of drug-likeness (QED) is 0.0342. The van der Waals surface area contributed by atoms with Crippen LogP contribution >= 0.6 is 0 Å². The van der Waals surface area contributed by atoms with E-state index >= 15 is 47.6 Å². The average Bonchev–Trinajstić information content (AvgIpc) is 1.64. The number of benzene rings is 12.